The van der Waals surface area contributed by atoms with Crippen molar-refractivity contribution >= 4 is 5.91 Å². The summed E-state index contributed by atoms with van der Waals surface area (Å²) in [6.07, 6.45) is 7.65. The van der Waals surface area contributed by atoms with Crippen LogP contribution in [0, 0.1) is 17.3 Å². The van der Waals surface area contributed by atoms with Crippen LogP contribution in [0.4, 0.5) is 0 Å². The number of hydrogen-bond acceptors (Lipinski definition) is 5. The number of nitrogens with zero attached hydrogens (tertiary/aromatic N) is 4. The quantitative estimate of drug-likeness (QED) is 0.780. The van der Waals surface area contributed by atoms with E-state index in [1.807, 2.05) is 0 Å². The Morgan fingerprint density at radius 3 is 2.88 bits per heavy atom. The average Bonchev–Trinajstić information content (AvgIpc) is 3.30. The van der Waals surface area contributed by atoms with Crippen LogP contribution in [-0.2, 0) is 17.8 Å². The number of likely N-dealkylation sites (tertiary alicyclic amines) is 2. The van der Waals surface area contributed by atoms with Gasteiger partial charge in [-0.25, -0.2) is 0 Å². The Hall–Kier alpha value is -1.43. The van der Waals surface area contributed by atoms with E-state index >= 15 is 0 Å². The molecule has 26 heavy (non-hydrogen) atoms. The predicted molar refractivity (Wildman–Crippen MR) is 98.3 cm³/mol. The van der Waals surface area contributed by atoms with Crippen molar-refractivity contribution in [3.8, 4) is 0 Å². The number of hydrogen-bond donors (Lipinski definition) is 0. The van der Waals surface area contributed by atoms with E-state index < -0.39 is 0 Å². The van der Waals surface area contributed by atoms with Crippen molar-refractivity contribution in [2.24, 2.45) is 17.3 Å². The molecule has 1 amide bonds. The molecule has 0 unspecified atom stereocenters. The second-order valence-corrected chi connectivity index (χ2v) is 9.23. The Labute approximate surface area is 156 Å². The molecule has 3 fully saturated rings. The zero-order chi connectivity index (χ0) is 18.1. The van der Waals surface area contributed by atoms with E-state index in [9.17, 15) is 4.79 Å². The zero-order valence-electron chi connectivity index (χ0n) is 16.2. The van der Waals surface area contributed by atoms with Crippen molar-refractivity contribution in [3.63, 3.8) is 0 Å². The summed E-state index contributed by atoms with van der Waals surface area (Å²) in [6, 6.07) is 0. The highest BCUT2D eigenvalue weighted by Crippen LogP contribution is 2.40. The van der Waals surface area contributed by atoms with E-state index in [4.69, 9.17) is 4.52 Å². The molecule has 0 N–H and O–H groups in total. The van der Waals surface area contributed by atoms with E-state index in [-0.39, 0.29) is 5.41 Å². The average molecular weight is 361 g/mol. The Morgan fingerprint density at radius 2 is 2.12 bits per heavy atom. The van der Waals surface area contributed by atoms with Crippen molar-refractivity contribution in [1.29, 1.82) is 0 Å². The van der Waals surface area contributed by atoms with Gasteiger partial charge in [0.25, 0.3) is 0 Å². The zero-order valence-corrected chi connectivity index (χ0v) is 16.2. The minimum absolute atomic E-state index is 0.269. The molecule has 1 aromatic heterocycles. The van der Waals surface area contributed by atoms with Gasteiger partial charge >= 0.3 is 0 Å². The molecule has 1 atom stereocenters. The van der Waals surface area contributed by atoms with Crippen LogP contribution in [0.15, 0.2) is 4.52 Å². The third-order valence-corrected chi connectivity index (χ3v) is 6.12. The molecule has 6 nitrogen and oxygen atoms in total. The molecule has 0 bridgehead atoms. The standard InChI is InChI=1S/C20H32N4O2/c1-15(2)10-18-21-17(22-26-18)12-23-9-3-7-20(13-23)8-6-19(25)24(14-20)11-16-4-5-16/h15-16H,3-14H2,1-2H3/t20-/m0/s1. The summed E-state index contributed by atoms with van der Waals surface area (Å²) in [4.78, 5) is 21.5. The van der Waals surface area contributed by atoms with Crippen LogP contribution < -0.4 is 0 Å². The maximum Gasteiger partial charge on any atom is 0.226 e. The molecule has 3 heterocycles. The minimum Gasteiger partial charge on any atom is -0.342 e. The van der Waals surface area contributed by atoms with Crippen molar-refractivity contribution in [1.82, 2.24) is 19.9 Å². The van der Waals surface area contributed by atoms with Crippen molar-refractivity contribution in [2.75, 3.05) is 26.2 Å². The molecule has 4 rings (SSSR count). The van der Waals surface area contributed by atoms with Gasteiger partial charge in [0.15, 0.2) is 5.82 Å². The summed E-state index contributed by atoms with van der Waals surface area (Å²) in [7, 11) is 0. The molecule has 2 aliphatic heterocycles. The molecule has 0 aromatic carbocycles. The molecule has 2 saturated heterocycles. The predicted octanol–water partition coefficient (Wildman–Crippen LogP) is 2.88. The fraction of sp³-hybridized carbons (Fsp3) is 0.850. The van der Waals surface area contributed by atoms with Crippen molar-refractivity contribution < 1.29 is 9.32 Å². The lowest BCUT2D eigenvalue weighted by molar-refractivity contribution is -0.139. The maximum atomic E-state index is 12.3. The fourth-order valence-corrected chi connectivity index (χ4v) is 4.65. The van der Waals surface area contributed by atoms with Crippen LogP contribution in [0.2, 0.25) is 0 Å². The van der Waals surface area contributed by atoms with E-state index in [2.05, 4.69) is 33.8 Å². The van der Waals surface area contributed by atoms with Crippen LogP contribution in [0.1, 0.15) is 64.1 Å². The molecule has 1 spiro atoms. The van der Waals surface area contributed by atoms with Gasteiger partial charge in [-0.15, -0.1) is 0 Å². The first-order valence-electron chi connectivity index (χ1n) is 10.3. The Kier molecular flexibility index (Phi) is 5.04. The Bertz CT molecular complexity index is 640. The monoisotopic (exact) mass is 360 g/mol. The SMILES string of the molecule is CC(C)Cc1nc(CN2CCC[C@]3(CCC(=O)N(CC4CC4)C3)C2)no1. The molecular weight excluding hydrogens is 328 g/mol. The fourth-order valence-electron chi connectivity index (χ4n) is 4.65. The highest BCUT2D eigenvalue weighted by molar-refractivity contribution is 5.77. The molecule has 1 aliphatic carbocycles. The number of aromatic nitrogens is 2. The molecular formula is C20H32N4O2. The first-order valence-corrected chi connectivity index (χ1v) is 10.3. The van der Waals surface area contributed by atoms with Gasteiger partial charge < -0.3 is 9.42 Å². The van der Waals surface area contributed by atoms with Crippen molar-refractivity contribution in [3.05, 3.63) is 11.7 Å². The molecule has 0 radical (unpaired) electrons. The van der Waals surface area contributed by atoms with E-state index in [1.54, 1.807) is 0 Å². The summed E-state index contributed by atoms with van der Waals surface area (Å²) in [5.74, 6) is 3.22. The molecule has 144 valence electrons. The second-order valence-electron chi connectivity index (χ2n) is 9.23. The third-order valence-electron chi connectivity index (χ3n) is 6.12. The second kappa shape index (κ2) is 7.29. The van der Waals surface area contributed by atoms with E-state index in [0.717, 1.165) is 69.6 Å². The van der Waals surface area contributed by atoms with Crippen LogP contribution in [-0.4, -0.2) is 52.0 Å². The summed E-state index contributed by atoms with van der Waals surface area (Å²) in [5.41, 5.74) is 0.269. The number of amides is 1. The lowest BCUT2D eigenvalue weighted by Crippen LogP contribution is -2.54. The number of piperidine rings is 2. The van der Waals surface area contributed by atoms with Gasteiger partial charge in [0.05, 0.1) is 6.54 Å². The lowest BCUT2D eigenvalue weighted by Gasteiger charge is -2.48. The lowest BCUT2D eigenvalue weighted by atomic mass is 9.73. The molecule has 1 aromatic rings. The van der Waals surface area contributed by atoms with Gasteiger partial charge in [-0.05, 0) is 50.5 Å². The Balaban J connectivity index is 1.37. The molecule has 3 aliphatic rings. The van der Waals surface area contributed by atoms with Crippen LogP contribution in [0.25, 0.3) is 0 Å². The van der Waals surface area contributed by atoms with Gasteiger partial charge in [-0.3, -0.25) is 9.69 Å². The number of carbonyl (C=O) groups is 1. The summed E-state index contributed by atoms with van der Waals surface area (Å²) < 4.78 is 5.40. The van der Waals surface area contributed by atoms with Crippen LogP contribution in [0.5, 0.6) is 0 Å². The number of rotatable bonds is 6. The third kappa shape index (κ3) is 4.27. The molecule has 6 heteroatoms. The van der Waals surface area contributed by atoms with Crippen LogP contribution >= 0.6 is 0 Å². The first-order chi connectivity index (χ1) is 12.5. The van der Waals surface area contributed by atoms with Gasteiger partial charge in [0.2, 0.25) is 11.8 Å². The highest BCUT2D eigenvalue weighted by atomic mass is 16.5. The maximum absolute atomic E-state index is 12.3. The van der Waals surface area contributed by atoms with E-state index in [1.165, 1.54) is 25.7 Å². The smallest absolute Gasteiger partial charge is 0.226 e. The number of carbonyl (C=O) groups excluding carboxylic acids is 1. The van der Waals surface area contributed by atoms with Gasteiger partial charge in [-0.2, -0.15) is 4.98 Å². The largest absolute Gasteiger partial charge is 0.342 e. The Morgan fingerprint density at radius 1 is 1.27 bits per heavy atom. The summed E-state index contributed by atoms with van der Waals surface area (Å²) >= 11 is 0. The first kappa shape index (κ1) is 18.0. The van der Waals surface area contributed by atoms with Crippen LogP contribution in [0.3, 0.4) is 0 Å². The molecule has 1 saturated carbocycles. The normalized spacial score (nSPS) is 27.7. The van der Waals surface area contributed by atoms with Gasteiger partial charge in [0.1, 0.15) is 0 Å². The van der Waals surface area contributed by atoms with Gasteiger partial charge in [0, 0.05) is 37.9 Å². The minimum atomic E-state index is 0.269. The summed E-state index contributed by atoms with van der Waals surface area (Å²) in [6.45, 7) is 9.17. The summed E-state index contributed by atoms with van der Waals surface area (Å²) in [5, 5.41) is 4.18. The van der Waals surface area contributed by atoms with Crippen molar-refractivity contribution in [2.45, 2.75) is 65.3 Å². The highest BCUT2D eigenvalue weighted by Gasteiger charge is 2.42. The van der Waals surface area contributed by atoms with Gasteiger partial charge in [-0.1, -0.05) is 19.0 Å². The topological polar surface area (TPSA) is 62.5 Å². The van der Waals surface area contributed by atoms with E-state index in [0.29, 0.717) is 11.8 Å².